The van der Waals surface area contributed by atoms with Gasteiger partial charge in [0.25, 0.3) is 5.91 Å². The molecule has 0 radical (unpaired) electrons. The van der Waals surface area contributed by atoms with E-state index in [0.29, 0.717) is 10.6 Å². The number of benzene rings is 3. The number of nitrogens with zero attached hydrogens (tertiary/aromatic N) is 3. The monoisotopic (exact) mass is 388 g/mol. The van der Waals surface area contributed by atoms with Crippen LogP contribution < -0.4 is 5.32 Å². The van der Waals surface area contributed by atoms with Crippen molar-refractivity contribution in [2.24, 2.45) is 0 Å². The molecule has 0 bridgehead atoms. The Bertz CT molecular complexity index is 1120. The molecule has 3 aromatic carbocycles. The van der Waals surface area contributed by atoms with Crippen LogP contribution in [-0.2, 0) is 0 Å². The number of aryl methyl sites for hydroxylation is 1. The van der Waals surface area contributed by atoms with Gasteiger partial charge in [0.05, 0.1) is 17.6 Å². The Balaban J connectivity index is 1.56. The fourth-order valence-corrected chi connectivity index (χ4v) is 3.05. The Morgan fingerprint density at radius 3 is 2.46 bits per heavy atom. The molecule has 0 atom stereocenters. The lowest BCUT2D eigenvalue weighted by molar-refractivity contribution is 0.102. The molecule has 0 aliphatic carbocycles. The summed E-state index contributed by atoms with van der Waals surface area (Å²) < 4.78 is 1.73. The van der Waals surface area contributed by atoms with E-state index >= 15 is 0 Å². The number of anilines is 1. The first-order valence-corrected chi connectivity index (χ1v) is 9.13. The molecular weight excluding hydrogens is 372 g/mol. The van der Waals surface area contributed by atoms with Crippen LogP contribution in [0.3, 0.4) is 0 Å². The van der Waals surface area contributed by atoms with Crippen molar-refractivity contribution in [3.63, 3.8) is 0 Å². The normalized spacial score (nSPS) is 10.6. The zero-order valence-corrected chi connectivity index (χ0v) is 15.9. The third-order valence-electron chi connectivity index (χ3n) is 4.34. The van der Waals surface area contributed by atoms with Crippen molar-refractivity contribution in [1.29, 1.82) is 0 Å². The largest absolute Gasteiger partial charge is 0.322 e. The Hall–Kier alpha value is -3.44. The molecule has 1 heterocycles. The molecule has 1 amide bonds. The number of hydrogen-bond acceptors (Lipinski definition) is 3. The van der Waals surface area contributed by atoms with Crippen LogP contribution in [-0.4, -0.2) is 20.9 Å². The molecule has 6 heteroatoms. The van der Waals surface area contributed by atoms with E-state index in [1.165, 1.54) is 0 Å². The van der Waals surface area contributed by atoms with Gasteiger partial charge in [0.15, 0.2) is 0 Å². The number of carbonyl (C=O) groups is 1. The maximum Gasteiger partial charge on any atom is 0.255 e. The molecule has 5 nitrogen and oxygen atoms in total. The molecule has 4 rings (SSSR count). The third-order valence-corrected chi connectivity index (χ3v) is 4.59. The first-order chi connectivity index (χ1) is 13.6. The zero-order chi connectivity index (χ0) is 19.5. The highest BCUT2D eigenvalue weighted by Crippen LogP contribution is 2.23. The van der Waals surface area contributed by atoms with E-state index in [1.807, 2.05) is 67.6 Å². The van der Waals surface area contributed by atoms with Gasteiger partial charge >= 0.3 is 0 Å². The van der Waals surface area contributed by atoms with Gasteiger partial charge in [-0.3, -0.25) is 4.79 Å². The molecule has 4 aromatic rings. The number of nitrogens with one attached hydrogen (secondary N) is 1. The summed E-state index contributed by atoms with van der Waals surface area (Å²) in [5.74, 6) is -0.159. The summed E-state index contributed by atoms with van der Waals surface area (Å²) in [5, 5.41) is 11.8. The summed E-state index contributed by atoms with van der Waals surface area (Å²) in [6.45, 7) is 1.99. The van der Waals surface area contributed by atoms with Crippen molar-refractivity contribution >= 4 is 23.2 Å². The van der Waals surface area contributed by atoms with E-state index in [-0.39, 0.29) is 5.91 Å². The Kier molecular flexibility index (Phi) is 4.91. The predicted octanol–water partition coefficient (Wildman–Crippen LogP) is 5.15. The molecule has 0 spiro atoms. The molecule has 138 valence electrons. The molecule has 0 saturated carbocycles. The van der Waals surface area contributed by atoms with Crippen LogP contribution >= 0.6 is 11.6 Å². The van der Waals surface area contributed by atoms with Gasteiger partial charge in [0.2, 0.25) is 0 Å². The average Bonchev–Trinajstić information content (AvgIpc) is 3.18. The van der Waals surface area contributed by atoms with Crippen molar-refractivity contribution in [2.75, 3.05) is 5.32 Å². The maximum absolute atomic E-state index is 12.5. The predicted molar refractivity (Wildman–Crippen MR) is 111 cm³/mol. The Morgan fingerprint density at radius 1 is 1.00 bits per heavy atom. The van der Waals surface area contributed by atoms with E-state index in [2.05, 4.69) is 15.6 Å². The summed E-state index contributed by atoms with van der Waals surface area (Å²) >= 11 is 5.97. The van der Waals surface area contributed by atoms with Crippen molar-refractivity contribution < 1.29 is 4.79 Å². The Labute approximate surface area is 167 Å². The minimum Gasteiger partial charge on any atom is -0.322 e. The van der Waals surface area contributed by atoms with Crippen LogP contribution in [0.15, 0.2) is 79.0 Å². The quantitative estimate of drug-likeness (QED) is 0.526. The number of hydrogen-bond donors (Lipinski definition) is 1. The summed E-state index contributed by atoms with van der Waals surface area (Å²) in [7, 11) is 0. The fraction of sp³-hybridized carbons (Fsp3) is 0.0455. The number of rotatable bonds is 4. The highest BCUT2D eigenvalue weighted by Gasteiger charge is 2.11. The standard InChI is InChI=1S/C22H17ClN4O/c1-15-3-2-4-19(13-15)25-22(28)17-7-11-20(12-8-17)27-21(14-24-26-27)16-5-9-18(23)10-6-16/h2-14H,1H3,(H,25,28). The third kappa shape index (κ3) is 3.80. The van der Waals surface area contributed by atoms with Gasteiger partial charge in [-0.1, -0.05) is 41.1 Å². The second-order valence-corrected chi connectivity index (χ2v) is 6.84. The summed E-state index contributed by atoms with van der Waals surface area (Å²) in [6, 6.07) is 22.4. The van der Waals surface area contributed by atoms with Gasteiger partial charge in [-0.2, -0.15) is 0 Å². The number of amides is 1. The first kappa shape index (κ1) is 17.9. The Morgan fingerprint density at radius 2 is 1.75 bits per heavy atom. The minimum absolute atomic E-state index is 0.159. The average molecular weight is 389 g/mol. The molecule has 0 unspecified atom stereocenters. The summed E-state index contributed by atoms with van der Waals surface area (Å²) in [6.07, 6.45) is 1.70. The van der Waals surface area contributed by atoms with E-state index in [4.69, 9.17) is 11.6 Å². The number of halogens is 1. The molecule has 0 aliphatic rings. The smallest absolute Gasteiger partial charge is 0.255 e. The molecule has 1 aromatic heterocycles. The second-order valence-electron chi connectivity index (χ2n) is 6.41. The highest BCUT2D eigenvalue weighted by atomic mass is 35.5. The van der Waals surface area contributed by atoms with Gasteiger partial charge in [-0.25, -0.2) is 4.68 Å². The van der Waals surface area contributed by atoms with E-state index in [0.717, 1.165) is 28.2 Å². The van der Waals surface area contributed by atoms with E-state index in [1.54, 1.807) is 23.0 Å². The van der Waals surface area contributed by atoms with Crippen LogP contribution in [0.4, 0.5) is 5.69 Å². The van der Waals surface area contributed by atoms with Crippen LogP contribution in [0.25, 0.3) is 16.9 Å². The van der Waals surface area contributed by atoms with Gasteiger partial charge in [0.1, 0.15) is 0 Å². The SMILES string of the molecule is Cc1cccc(NC(=O)c2ccc(-n3nncc3-c3ccc(Cl)cc3)cc2)c1. The van der Waals surface area contributed by atoms with Crippen molar-refractivity contribution in [3.05, 3.63) is 95.1 Å². The lowest BCUT2D eigenvalue weighted by Crippen LogP contribution is -2.12. The molecule has 1 N–H and O–H groups in total. The van der Waals surface area contributed by atoms with Crippen LogP contribution in [0.2, 0.25) is 5.02 Å². The second kappa shape index (κ2) is 7.66. The summed E-state index contributed by atoms with van der Waals surface area (Å²) in [5.41, 5.74) is 5.04. The van der Waals surface area contributed by atoms with Crippen LogP contribution in [0.1, 0.15) is 15.9 Å². The van der Waals surface area contributed by atoms with Crippen molar-refractivity contribution in [2.45, 2.75) is 6.92 Å². The maximum atomic E-state index is 12.5. The molecular formula is C22H17ClN4O. The number of aromatic nitrogens is 3. The van der Waals surface area contributed by atoms with Crippen LogP contribution in [0.5, 0.6) is 0 Å². The molecule has 0 saturated heterocycles. The lowest BCUT2D eigenvalue weighted by Gasteiger charge is -2.09. The van der Waals surface area contributed by atoms with Crippen molar-refractivity contribution in [1.82, 2.24) is 15.0 Å². The lowest BCUT2D eigenvalue weighted by atomic mass is 10.1. The molecule has 0 aliphatic heterocycles. The van der Waals surface area contributed by atoms with E-state index < -0.39 is 0 Å². The topological polar surface area (TPSA) is 59.8 Å². The van der Waals surface area contributed by atoms with Gasteiger partial charge in [0, 0.05) is 21.8 Å². The van der Waals surface area contributed by atoms with Gasteiger partial charge < -0.3 is 5.32 Å². The van der Waals surface area contributed by atoms with Gasteiger partial charge in [-0.05, 0) is 61.0 Å². The summed E-state index contributed by atoms with van der Waals surface area (Å²) in [4.78, 5) is 12.5. The van der Waals surface area contributed by atoms with E-state index in [9.17, 15) is 4.79 Å². The van der Waals surface area contributed by atoms with Crippen LogP contribution in [0, 0.1) is 6.92 Å². The highest BCUT2D eigenvalue weighted by molar-refractivity contribution is 6.30. The minimum atomic E-state index is -0.159. The van der Waals surface area contributed by atoms with Gasteiger partial charge in [-0.15, -0.1) is 5.10 Å². The fourth-order valence-electron chi connectivity index (χ4n) is 2.92. The first-order valence-electron chi connectivity index (χ1n) is 8.75. The number of carbonyl (C=O) groups excluding carboxylic acids is 1. The zero-order valence-electron chi connectivity index (χ0n) is 15.1. The van der Waals surface area contributed by atoms with Crippen molar-refractivity contribution in [3.8, 4) is 16.9 Å². The molecule has 28 heavy (non-hydrogen) atoms. The molecule has 0 fully saturated rings.